The van der Waals surface area contributed by atoms with Crippen molar-refractivity contribution in [1.82, 2.24) is 0 Å². The third-order valence-electron chi connectivity index (χ3n) is 3.00. The molecule has 0 saturated carbocycles. The summed E-state index contributed by atoms with van der Waals surface area (Å²) in [6.07, 6.45) is 2.30. The van der Waals surface area contributed by atoms with Gasteiger partial charge >= 0.3 is 0 Å². The number of nitrogens with two attached hydrogens (primary N) is 1. The molecule has 3 rings (SSSR count). The summed E-state index contributed by atoms with van der Waals surface area (Å²) >= 11 is 0. The van der Waals surface area contributed by atoms with E-state index >= 15 is 0 Å². The summed E-state index contributed by atoms with van der Waals surface area (Å²) in [5.74, 6) is 2.41. The van der Waals surface area contributed by atoms with E-state index in [4.69, 9.17) is 19.6 Å². The van der Waals surface area contributed by atoms with E-state index in [1.807, 2.05) is 30.3 Å². The number of benzene rings is 1. The van der Waals surface area contributed by atoms with Gasteiger partial charge in [-0.25, -0.2) is 0 Å². The molecule has 4 heteroatoms. The second kappa shape index (κ2) is 4.74. The average Bonchev–Trinajstić information content (AvgIpc) is 2.91. The number of para-hydroxylation sites is 1. The quantitative estimate of drug-likeness (QED) is 0.901. The van der Waals surface area contributed by atoms with Gasteiger partial charge in [0, 0.05) is 18.0 Å². The smallest absolute Gasteiger partial charge is 0.166 e. The van der Waals surface area contributed by atoms with Crippen LogP contribution in [0.15, 0.2) is 41.0 Å². The third-order valence-corrected chi connectivity index (χ3v) is 3.00. The first-order valence-corrected chi connectivity index (χ1v) is 6.01. The van der Waals surface area contributed by atoms with Crippen molar-refractivity contribution in [1.29, 1.82) is 0 Å². The van der Waals surface area contributed by atoms with E-state index in [2.05, 4.69) is 0 Å². The first kappa shape index (κ1) is 11.2. The summed E-state index contributed by atoms with van der Waals surface area (Å²) < 4.78 is 16.5. The Balaban J connectivity index is 1.87. The zero-order valence-electron chi connectivity index (χ0n) is 9.96. The van der Waals surface area contributed by atoms with Gasteiger partial charge in [0.1, 0.15) is 19.0 Å². The van der Waals surface area contributed by atoms with Crippen LogP contribution in [-0.4, -0.2) is 13.2 Å². The number of hydrogen-bond donors (Lipinski definition) is 1. The molecule has 1 aromatic heterocycles. The molecule has 1 aliphatic heterocycles. The highest BCUT2D eigenvalue weighted by Crippen LogP contribution is 2.37. The lowest BCUT2D eigenvalue weighted by molar-refractivity contribution is 0.169. The van der Waals surface area contributed by atoms with Gasteiger partial charge in [0.15, 0.2) is 11.5 Å². The van der Waals surface area contributed by atoms with Crippen LogP contribution in [0.3, 0.4) is 0 Å². The lowest BCUT2D eigenvalue weighted by Gasteiger charge is -2.23. The predicted octanol–water partition coefficient (Wildman–Crippen LogP) is 2.29. The normalized spacial score (nSPS) is 15.4. The van der Waals surface area contributed by atoms with Crippen LogP contribution in [0, 0.1) is 0 Å². The van der Waals surface area contributed by atoms with Crippen LogP contribution in [0.4, 0.5) is 0 Å². The van der Waals surface area contributed by atoms with Gasteiger partial charge in [0.25, 0.3) is 0 Å². The maximum absolute atomic E-state index is 6.21. The predicted molar refractivity (Wildman–Crippen MR) is 66.8 cm³/mol. The molecule has 0 bridgehead atoms. The molecule has 0 saturated heterocycles. The number of hydrogen-bond acceptors (Lipinski definition) is 4. The molecule has 94 valence electrons. The minimum atomic E-state index is -0.159. The Kier molecular flexibility index (Phi) is 2.94. The van der Waals surface area contributed by atoms with E-state index in [9.17, 15) is 0 Å². The van der Waals surface area contributed by atoms with E-state index in [1.54, 1.807) is 6.26 Å². The van der Waals surface area contributed by atoms with Gasteiger partial charge in [-0.2, -0.15) is 0 Å². The molecule has 1 aliphatic rings. The second-order valence-corrected chi connectivity index (χ2v) is 4.26. The van der Waals surface area contributed by atoms with Crippen LogP contribution in [0.1, 0.15) is 17.4 Å². The zero-order valence-corrected chi connectivity index (χ0v) is 9.96. The fourth-order valence-electron chi connectivity index (χ4n) is 2.14. The van der Waals surface area contributed by atoms with E-state index in [0.29, 0.717) is 19.6 Å². The molecular weight excluding hydrogens is 230 g/mol. The molecule has 1 atom stereocenters. The maximum Gasteiger partial charge on any atom is 0.166 e. The lowest BCUT2D eigenvalue weighted by atomic mass is 10.0. The van der Waals surface area contributed by atoms with Gasteiger partial charge in [0.2, 0.25) is 0 Å². The Morgan fingerprint density at radius 1 is 1.11 bits per heavy atom. The molecule has 2 N–H and O–H groups in total. The van der Waals surface area contributed by atoms with Gasteiger partial charge in [-0.1, -0.05) is 12.1 Å². The highest BCUT2D eigenvalue weighted by molar-refractivity contribution is 5.49. The summed E-state index contributed by atoms with van der Waals surface area (Å²) in [5, 5.41) is 0. The van der Waals surface area contributed by atoms with Crippen LogP contribution in [-0.2, 0) is 6.42 Å². The average molecular weight is 245 g/mol. The van der Waals surface area contributed by atoms with Crippen molar-refractivity contribution in [3.63, 3.8) is 0 Å². The molecular formula is C14H15NO3. The minimum absolute atomic E-state index is 0.159. The van der Waals surface area contributed by atoms with Crippen molar-refractivity contribution >= 4 is 0 Å². The van der Waals surface area contributed by atoms with Gasteiger partial charge in [0.05, 0.1) is 6.26 Å². The van der Waals surface area contributed by atoms with Crippen molar-refractivity contribution in [2.75, 3.05) is 13.2 Å². The third kappa shape index (κ3) is 2.07. The Morgan fingerprint density at radius 3 is 2.83 bits per heavy atom. The molecule has 0 radical (unpaired) electrons. The van der Waals surface area contributed by atoms with Crippen LogP contribution < -0.4 is 15.2 Å². The molecule has 1 aromatic carbocycles. The summed E-state index contributed by atoms with van der Waals surface area (Å²) in [5.41, 5.74) is 7.18. The zero-order chi connectivity index (χ0) is 12.4. The number of rotatable bonds is 3. The van der Waals surface area contributed by atoms with E-state index in [-0.39, 0.29) is 6.04 Å². The van der Waals surface area contributed by atoms with E-state index in [1.165, 1.54) is 0 Å². The molecule has 1 unspecified atom stereocenters. The molecule has 0 amide bonds. The Labute approximate surface area is 105 Å². The van der Waals surface area contributed by atoms with Crippen LogP contribution in [0.5, 0.6) is 11.5 Å². The van der Waals surface area contributed by atoms with Crippen LogP contribution in [0.2, 0.25) is 0 Å². The molecule has 4 nitrogen and oxygen atoms in total. The Bertz CT molecular complexity index is 522. The molecule has 0 fully saturated rings. The second-order valence-electron chi connectivity index (χ2n) is 4.26. The Morgan fingerprint density at radius 2 is 2.00 bits per heavy atom. The summed E-state index contributed by atoms with van der Waals surface area (Å²) in [4.78, 5) is 0. The van der Waals surface area contributed by atoms with Gasteiger partial charge in [-0.05, 0) is 18.2 Å². The largest absolute Gasteiger partial charge is 0.486 e. The highest BCUT2D eigenvalue weighted by Gasteiger charge is 2.20. The highest BCUT2D eigenvalue weighted by atomic mass is 16.6. The van der Waals surface area contributed by atoms with Crippen molar-refractivity contribution < 1.29 is 13.9 Å². The molecule has 2 heterocycles. The summed E-state index contributed by atoms with van der Waals surface area (Å²) in [6.45, 7) is 1.15. The van der Waals surface area contributed by atoms with E-state index < -0.39 is 0 Å². The van der Waals surface area contributed by atoms with Crippen molar-refractivity contribution in [2.24, 2.45) is 5.73 Å². The first-order chi connectivity index (χ1) is 8.84. The number of fused-ring (bicyclic) bond motifs is 1. The SMILES string of the molecule is NC(Cc1ccco1)c1cccc2c1OCCO2. The molecule has 0 aliphatic carbocycles. The van der Waals surface area contributed by atoms with Crippen molar-refractivity contribution in [3.05, 3.63) is 47.9 Å². The van der Waals surface area contributed by atoms with Gasteiger partial charge < -0.3 is 19.6 Å². The Hall–Kier alpha value is -1.94. The molecule has 18 heavy (non-hydrogen) atoms. The minimum Gasteiger partial charge on any atom is -0.486 e. The summed E-state index contributed by atoms with van der Waals surface area (Å²) in [6, 6.07) is 9.44. The fourth-order valence-corrected chi connectivity index (χ4v) is 2.14. The summed E-state index contributed by atoms with van der Waals surface area (Å²) in [7, 11) is 0. The maximum atomic E-state index is 6.21. The molecule has 2 aromatic rings. The van der Waals surface area contributed by atoms with Crippen molar-refractivity contribution in [3.8, 4) is 11.5 Å². The van der Waals surface area contributed by atoms with Crippen molar-refractivity contribution in [2.45, 2.75) is 12.5 Å². The van der Waals surface area contributed by atoms with E-state index in [0.717, 1.165) is 22.8 Å². The van der Waals surface area contributed by atoms with Gasteiger partial charge in [-0.3, -0.25) is 0 Å². The van der Waals surface area contributed by atoms with Crippen LogP contribution in [0.25, 0.3) is 0 Å². The molecule has 0 spiro atoms. The van der Waals surface area contributed by atoms with Crippen LogP contribution >= 0.6 is 0 Å². The first-order valence-electron chi connectivity index (χ1n) is 6.01. The topological polar surface area (TPSA) is 57.6 Å². The number of ether oxygens (including phenoxy) is 2. The van der Waals surface area contributed by atoms with Gasteiger partial charge in [-0.15, -0.1) is 0 Å². The standard InChI is InChI=1S/C14H15NO3/c15-12(9-10-3-2-6-16-10)11-4-1-5-13-14(11)18-8-7-17-13/h1-6,12H,7-9,15H2. The monoisotopic (exact) mass is 245 g/mol. The number of furan rings is 1. The fraction of sp³-hybridized carbons (Fsp3) is 0.286. The lowest BCUT2D eigenvalue weighted by Crippen LogP contribution is -2.20.